The molecule has 0 spiro atoms. The van der Waals surface area contributed by atoms with Crippen molar-refractivity contribution in [2.24, 2.45) is 0 Å². The van der Waals surface area contributed by atoms with Crippen LogP contribution in [0.5, 0.6) is 0 Å². The van der Waals surface area contributed by atoms with Gasteiger partial charge in [0, 0.05) is 25.2 Å². The summed E-state index contributed by atoms with van der Waals surface area (Å²) in [5, 5.41) is 12.7. The van der Waals surface area contributed by atoms with E-state index in [4.69, 9.17) is 0 Å². The number of nitrogens with one attached hydrogen (secondary N) is 1. The normalized spacial score (nSPS) is 31.4. The summed E-state index contributed by atoms with van der Waals surface area (Å²) < 4.78 is 0. The summed E-state index contributed by atoms with van der Waals surface area (Å²) in [4.78, 5) is 2.33. The van der Waals surface area contributed by atoms with Gasteiger partial charge >= 0.3 is 0 Å². The second-order valence-corrected chi connectivity index (χ2v) is 4.04. The lowest BCUT2D eigenvalue weighted by Crippen LogP contribution is -2.61. The van der Waals surface area contributed by atoms with Crippen molar-refractivity contribution < 1.29 is 5.11 Å². The fourth-order valence-corrected chi connectivity index (χ4v) is 1.86. The summed E-state index contributed by atoms with van der Waals surface area (Å²) in [7, 11) is 2.02. The van der Waals surface area contributed by atoms with Gasteiger partial charge in [-0.2, -0.15) is 0 Å². The molecule has 0 aromatic rings. The third-order valence-electron chi connectivity index (χ3n) is 3.05. The zero-order valence-electron chi connectivity index (χ0n) is 8.95. The molecule has 1 unspecified atom stereocenters. The summed E-state index contributed by atoms with van der Waals surface area (Å²) in [5.41, 5.74) is 0. The molecule has 1 rings (SSSR count). The molecule has 2 N–H and O–H groups in total. The summed E-state index contributed by atoms with van der Waals surface area (Å²) >= 11 is 0. The van der Waals surface area contributed by atoms with Crippen molar-refractivity contribution in [1.82, 2.24) is 10.2 Å². The molecule has 3 nitrogen and oxygen atoms in total. The number of rotatable bonds is 5. The van der Waals surface area contributed by atoms with Gasteiger partial charge in [-0.25, -0.2) is 0 Å². The molecule has 3 heteroatoms. The van der Waals surface area contributed by atoms with Gasteiger partial charge in [0.25, 0.3) is 0 Å². The minimum Gasteiger partial charge on any atom is -0.390 e. The van der Waals surface area contributed by atoms with Crippen LogP contribution in [0.3, 0.4) is 0 Å². The number of β-amino-alcohol motifs (C(OH)–C–C–N with tert-alkyl or cyclic N) is 1. The van der Waals surface area contributed by atoms with Gasteiger partial charge < -0.3 is 10.4 Å². The molecule has 78 valence electrons. The van der Waals surface area contributed by atoms with Crippen LogP contribution in [0.4, 0.5) is 0 Å². The Bertz CT molecular complexity index is 150. The molecular weight excluding hydrogens is 164 g/mol. The highest BCUT2D eigenvalue weighted by Gasteiger charge is 2.34. The van der Waals surface area contributed by atoms with Gasteiger partial charge in [0.15, 0.2) is 0 Å². The van der Waals surface area contributed by atoms with E-state index in [1.165, 1.54) is 12.8 Å². The van der Waals surface area contributed by atoms with Gasteiger partial charge in [-0.05, 0) is 20.4 Å². The van der Waals surface area contributed by atoms with E-state index in [1.54, 1.807) is 0 Å². The SMILES string of the molecule is CCCC(CN1C[C@@H](O)[C@@H]1C)NC. The second kappa shape index (κ2) is 4.94. The molecule has 13 heavy (non-hydrogen) atoms. The highest BCUT2D eigenvalue weighted by atomic mass is 16.3. The van der Waals surface area contributed by atoms with E-state index in [-0.39, 0.29) is 6.10 Å². The number of likely N-dealkylation sites (tertiary alicyclic amines) is 1. The van der Waals surface area contributed by atoms with Crippen molar-refractivity contribution in [2.75, 3.05) is 20.1 Å². The van der Waals surface area contributed by atoms with Crippen molar-refractivity contribution in [3.63, 3.8) is 0 Å². The Kier molecular flexibility index (Phi) is 4.16. The average molecular weight is 186 g/mol. The quantitative estimate of drug-likeness (QED) is 0.654. The van der Waals surface area contributed by atoms with Gasteiger partial charge in [0.05, 0.1) is 6.10 Å². The maximum Gasteiger partial charge on any atom is 0.0819 e. The van der Waals surface area contributed by atoms with Crippen molar-refractivity contribution in [3.05, 3.63) is 0 Å². The lowest BCUT2D eigenvalue weighted by molar-refractivity contribution is -0.0561. The molecule has 1 saturated heterocycles. The van der Waals surface area contributed by atoms with Crippen molar-refractivity contribution in [3.8, 4) is 0 Å². The van der Waals surface area contributed by atoms with Crippen LogP contribution in [-0.4, -0.2) is 48.3 Å². The molecular formula is C10H22N2O. The average Bonchev–Trinajstić information content (AvgIpc) is 2.15. The first-order chi connectivity index (χ1) is 6.19. The van der Waals surface area contributed by atoms with E-state index < -0.39 is 0 Å². The first kappa shape index (κ1) is 11.0. The Morgan fingerprint density at radius 1 is 1.62 bits per heavy atom. The first-order valence-electron chi connectivity index (χ1n) is 5.28. The molecule has 0 aromatic carbocycles. The third kappa shape index (κ3) is 2.66. The van der Waals surface area contributed by atoms with E-state index in [0.29, 0.717) is 12.1 Å². The third-order valence-corrected chi connectivity index (χ3v) is 3.05. The molecule has 0 radical (unpaired) electrons. The molecule has 0 amide bonds. The minimum absolute atomic E-state index is 0.0980. The summed E-state index contributed by atoms with van der Waals surface area (Å²) in [5.74, 6) is 0. The van der Waals surface area contributed by atoms with Crippen LogP contribution < -0.4 is 5.32 Å². The van der Waals surface area contributed by atoms with Gasteiger partial charge in [-0.15, -0.1) is 0 Å². The maximum atomic E-state index is 9.34. The number of aliphatic hydroxyl groups excluding tert-OH is 1. The Labute approximate surface area is 81.1 Å². The lowest BCUT2D eigenvalue weighted by atomic mass is 9.99. The fourth-order valence-electron chi connectivity index (χ4n) is 1.86. The smallest absolute Gasteiger partial charge is 0.0819 e. The molecule has 1 aliphatic rings. The van der Waals surface area contributed by atoms with E-state index in [0.717, 1.165) is 13.1 Å². The van der Waals surface area contributed by atoms with Gasteiger partial charge in [0.1, 0.15) is 0 Å². The van der Waals surface area contributed by atoms with E-state index in [2.05, 4.69) is 24.1 Å². The molecule has 1 aliphatic heterocycles. The Hall–Kier alpha value is -0.120. The summed E-state index contributed by atoms with van der Waals surface area (Å²) in [6.07, 6.45) is 2.34. The number of hydrogen-bond donors (Lipinski definition) is 2. The van der Waals surface area contributed by atoms with E-state index >= 15 is 0 Å². The Morgan fingerprint density at radius 2 is 2.31 bits per heavy atom. The number of likely N-dealkylation sites (N-methyl/N-ethyl adjacent to an activating group) is 1. The van der Waals surface area contributed by atoms with Crippen LogP contribution in [0.15, 0.2) is 0 Å². The molecule has 1 heterocycles. The van der Waals surface area contributed by atoms with Crippen LogP contribution >= 0.6 is 0 Å². The van der Waals surface area contributed by atoms with Crippen LogP contribution in [0.2, 0.25) is 0 Å². The maximum absolute atomic E-state index is 9.34. The fraction of sp³-hybridized carbons (Fsp3) is 1.00. The largest absolute Gasteiger partial charge is 0.390 e. The molecule has 0 aromatic heterocycles. The molecule has 1 fully saturated rings. The monoisotopic (exact) mass is 186 g/mol. The number of hydrogen-bond acceptors (Lipinski definition) is 3. The minimum atomic E-state index is -0.0980. The molecule has 0 aliphatic carbocycles. The van der Waals surface area contributed by atoms with Gasteiger partial charge in [0.2, 0.25) is 0 Å². The molecule has 0 bridgehead atoms. The summed E-state index contributed by atoms with van der Waals surface area (Å²) in [6.45, 7) is 6.22. The molecule has 0 saturated carbocycles. The van der Waals surface area contributed by atoms with Crippen LogP contribution in [0, 0.1) is 0 Å². The topological polar surface area (TPSA) is 35.5 Å². The standard InChI is InChI=1S/C10H22N2O/c1-4-5-9(11-3)6-12-7-10(13)8(12)2/h8-11,13H,4-7H2,1-3H3/t8-,9?,10+/m0/s1. The highest BCUT2D eigenvalue weighted by Crippen LogP contribution is 2.18. The van der Waals surface area contributed by atoms with E-state index in [9.17, 15) is 5.11 Å². The first-order valence-corrected chi connectivity index (χ1v) is 5.28. The van der Waals surface area contributed by atoms with Crippen molar-refractivity contribution in [2.45, 2.75) is 44.9 Å². The lowest BCUT2D eigenvalue weighted by Gasteiger charge is -2.45. The van der Waals surface area contributed by atoms with Crippen LogP contribution in [0.25, 0.3) is 0 Å². The van der Waals surface area contributed by atoms with Gasteiger partial charge in [-0.3, -0.25) is 4.90 Å². The van der Waals surface area contributed by atoms with Crippen LogP contribution in [0.1, 0.15) is 26.7 Å². The number of nitrogens with zero attached hydrogens (tertiary/aromatic N) is 1. The van der Waals surface area contributed by atoms with Crippen molar-refractivity contribution in [1.29, 1.82) is 0 Å². The van der Waals surface area contributed by atoms with Crippen LogP contribution in [-0.2, 0) is 0 Å². The second-order valence-electron chi connectivity index (χ2n) is 4.04. The zero-order chi connectivity index (χ0) is 9.84. The Morgan fingerprint density at radius 3 is 2.69 bits per heavy atom. The molecule has 3 atom stereocenters. The zero-order valence-corrected chi connectivity index (χ0v) is 8.95. The summed E-state index contributed by atoms with van der Waals surface area (Å²) in [6, 6.07) is 0.938. The van der Waals surface area contributed by atoms with Crippen molar-refractivity contribution >= 4 is 0 Å². The van der Waals surface area contributed by atoms with E-state index in [1.807, 2.05) is 7.05 Å². The highest BCUT2D eigenvalue weighted by molar-refractivity contribution is 4.90. The number of aliphatic hydroxyl groups is 1. The Balaban J connectivity index is 2.23. The van der Waals surface area contributed by atoms with Gasteiger partial charge in [-0.1, -0.05) is 13.3 Å². The predicted octanol–water partition coefficient (Wildman–Crippen LogP) is 0.439. The predicted molar refractivity (Wildman–Crippen MR) is 54.8 cm³/mol.